The average Bonchev–Trinajstić information content (AvgIpc) is 2.72. The average molecular weight is 353 g/mol. The Balaban J connectivity index is 1.93. The topological polar surface area (TPSA) is 57.9 Å². The number of rotatable bonds is 5. The van der Waals surface area contributed by atoms with Crippen molar-refractivity contribution in [3.63, 3.8) is 0 Å². The molecule has 0 saturated heterocycles. The van der Waals surface area contributed by atoms with Crippen LogP contribution in [-0.4, -0.2) is 29.4 Å². The Morgan fingerprint density at radius 2 is 1.95 bits per heavy atom. The van der Waals surface area contributed by atoms with E-state index in [1.165, 1.54) is 0 Å². The number of nitrogens with one attached hydrogen (secondary N) is 2. The first-order chi connectivity index (χ1) is 9.35. The van der Waals surface area contributed by atoms with Crippen LogP contribution in [0.2, 0.25) is 0 Å². The van der Waals surface area contributed by atoms with Gasteiger partial charge in [-0.1, -0.05) is 22.0 Å². The number of fused-ring (bicyclic) bond motifs is 1. The van der Waals surface area contributed by atoms with E-state index in [0.717, 1.165) is 5.56 Å². The van der Waals surface area contributed by atoms with Crippen LogP contribution in [0.5, 0.6) is 0 Å². The van der Waals surface area contributed by atoms with Crippen molar-refractivity contribution in [2.45, 2.75) is 17.4 Å². The maximum Gasteiger partial charge on any atom is 0.411 e. The van der Waals surface area contributed by atoms with Gasteiger partial charge < -0.3 is 14.7 Å². The Bertz CT molecular complexity index is 635. The molecule has 0 fully saturated rings. The maximum absolute atomic E-state index is 11.9. The molecule has 1 aromatic carbocycles. The van der Waals surface area contributed by atoms with Crippen LogP contribution in [0, 0.1) is 0 Å². The molecular formula is C12H12BrF3N2O2. The lowest BCUT2D eigenvalue weighted by atomic mass is 10.1. The van der Waals surface area contributed by atoms with E-state index >= 15 is 0 Å². The van der Waals surface area contributed by atoms with Crippen LogP contribution >= 0.6 is 15.9 Å². The van der Waals surface area contributed by atoms with Crippen molar-refractivity contribution in [3.05, 3.63) is 34.2 Å². The minimum Gasteiger partial charge on any atom is -0.372 e. The molecule has 4 nitrogen and oxygen atoms in total. The van der Waals surface area contributed by atoms with Gasteiger partial charge in [0.05, 0.1) is 11.0 Å². The number of halogens is 4. The lowest BCUT2D eigenvalue weighted by Gasteiger charge is -2.11. The summed E-state index contributed by atoms with van der Waals surface area (Å²) in [7, 11) is 0. The zero-order valence-electron chi connectivity index (χ0n) is 10.3. The van der Waals surface area contributed by atoms with Crippen LogP contribution in [0.4, 0.5) is 13.2 Å². The third-order valence-corrected chi connectivity index (χ3v) is 3.67. The normalized spacial score (nSPS) is 13.8. The molecule has 0 spiro atoms. The zero-order valence-corrected chi connectivity index (χ0v) is 11.8. The fourth-order valence-corrected chi connectivity index (χ4v) is 2.26. The van der Waals surface area contributed by atoms with E-state index < -0.39 is 12.8 Å². The first kappa shape index (κ1) is 15.1. The largest absolute Gasteiger partial charge is 0.411 e. The number of imidazole rings is 1. The third kappa shape index (κ3) is 4.11. The molecule has 0 aliphatic carbocycles. The standard InChI is InChI=1S/C12H12BrF3N2O2/c13-8(3-4-20-6-12(14,15)16)7-1-2-9-10(5-7)18-11(19)17-9/h1-2,5,8H,3-4,6H2,(H2,17,18,19). The van der Waals surface area contributed by atoms with Gasteiger partial charge in [0.25, 0.3) is 0 Å². The molecule has 0 bridgehead atoms. The summed E-state index contributed by atoms with van der Waals surface area (Å²) < 4.78 is 40.3. The van der Waals surface area contributed by atoms with Crippen LogP contribution in [-0.2, 0) is 4.74 Å². The highest BCUT2D eigenvalue weighted by molar-refractivity contribution is 9.09. The summed E-state index contributed by atoms with van der Waals surface area (Å²) in [5, 5.41) is 0. The second-order valence-corrected chi connectivity index (χ2v) is 5.41. The first-order valence-electron chi connectivity index (χ1n) is 5.86. The molecule has 20 heavy (non-hydrogen) atoms. The van der Waals surface area contributed by atoms with Crippen molar-refractivity contribution in [2.24, 2.45) is 0 Å². The lowest BCUT2D eigenvalue weighted by Crippen LogP contribution is -2.17. The molecule has 110 valence electrons. The van der Waals surface area contributed by atoms with Gasteiger partial charge in [-0.2, -0.15) is 13.2 Å². The number of benzene rings is 1. The van der Waals surface area contributed by atoms with Crippen molar-refractivity contribution in [3.8, 4) is 0 Å². The summed E-state index contributed by atoms with van der Waals surface area (Å²) in [4.78, 5) is 16.2. The summed E-state index contributed by atoms with van der Waals surface area (Å²) in [5.74, 6) is 0. The van der Waals surface area contributed by atoms with Gasteiger partial charge in [0.2, 0.25) is 0 Å². The fraction of sp³-hybridized carbons (Fsp3) is 0.417. The van der Waals surface area contributed by atoms with Gasteiger partial charge in [-0.25, -0.2) is 4.79 Å². The number of H-pyrrole nitrogens is 2. The van der Waals surface area contributed by atoms with Crippen molar-refractivity contribution in [2.75, 3.05) is 13.2 Å². The molecule has 0 aliphatic heterocycles. The molecule has 0 radical (unpaired) electrons. The molecule has 2 N–H and O–H groups in total. The van der Waals surface area contributed by atoms with Gasteiger partial charge in [0, 0.05) is 11.4 Å². The molecule has 0 saturated carbocycles. The molecule has 2 rings (SSSR count). The van der Waals surface area contributed by atoms with E-state index in [-0.39, 0.29) is 17.1 Å². The number of ether oxygens (including phenoxy) is 1. The maximum atomic E-state index is 11.9. The van der Waals surface area contributed by atoms with Gasteiger partial charge in [-0.15, -0.1) is 0 Å². The van der Waals surface area contributed by atoms with E-state index in [1.807, 2.05) is 0 Å². The molecule has 1 heterocycles. The van der Waals surface area contributed by atoms with Gasteiger partial charge in [0.1, 0.15) is 6.61 Å². The van der Waals surface area contributed by atoms with Gasteiger partial charge in [0.15, 0.2) is 0 Å². The lowest BCUT2D eigenvalue weighted by molar-refractivity contribution is -0.174. The Morgan fingerprint density at radius 1 is 1.25 bits per heavy atom. The molecule has 2 aromatic rings. The highest BCUT2D eigenvalue weighted by atomic mass is 79.9. The minimum atomic E-state index is -4.30. The SMILES string of the molecule is O=c1[nH]c2ccc(C(Br)CCOCC(F)(F)F)cc2[nH]1. The molecule has 1 unspecified atom stereocenters. The number of aromatic amines is 2. The predicted octanol–water partition coefficient (Wildman–Crippen LogP) is 3.26. The summed E-state index contributed by atoms with van der Waals surface area (Å²) in [6, 6.07) is 5.32. The number of hydrogen-bond donors (Lipinski definition) is 2. The Labute approximate surface area is 120 Å². The van der Waals surface area contributed by atoms with Crippen molar-refractivity contribution >= 4 is 27.0 Å². The smallest absolute Gasteiger partial charge is 0.372 e. The monoisotopic (exact) mass is 352 g/mol. The number of hydrogen-bond acceptors (Lipinski definition) is 2. The fourth-order valence-electron chi connectivity index (χ4n) is 1.79. The molecule has 0 amide bonds. The van der Waals surface area contributed by atoms with E-state index in [1.54, 1.807) is 18.2 Å². The van der Waals surface area contributed by atoms with E-state index in [4.69, 9.17) is 0 Å². The molecular weight excluding hydrogens is 341 g/mol. The van der Waals surface area contributed by atoms with Crippen LogP contribution in [0.3, 0.4) is 0 Å². The Kier molecular flexibility index (Phi) is 4.54. The van der Waals surface area contributed by atoms with Crippen LogP contribution in [0.1, 0.15) is 16.8 Å². The summed E-state index contributed by atoms with van der Waals surface area (Å²) in [6.45, 7) is -1.24. The summed E-state index contributed by atoms with van der Waals surface area (Å²) in [6.07, 6.45) is -3.90. The van der Waals surface area contributed by atoms with Crippen LogP contribution in [0.25, 0.3) is 11.0 Å². The van der Waals surface area contributed by atoms with Gasteiger partial charge in [-0.3, -0.25) is 0 Å². The van der Waals surface area contributed by atoms with Gasteiger partial charge >= 0.3 is 11.9 Å². The van der Waals surface area contributed by atoms with Crippen LogP contribution < -0.4 is 5.69 Å². The van der Waals surface area contributed by atoms with Crippen molar-refractivity contribution in [1.82, 2.24) is 9.97 Å². The zero-order chi connectivity index (χ0) is 14.8. The second kappa shape index (κ2) is 6.01. The van der Waals surface area contributed by atoms with Crippen molar-refractivity contribution in [1.29, 1.82) is 0 Å². The van der Waals surface area contributed by atoms with E-state index in [9.17, 15) is 18.0 Å². The number of alkyl halides is 4. The minimum absolute atomic E-state index is 0.00286. The Hall–Kier alpha value is -1.28. The Morgan fingerprint density at radius 3 is 2.65 bits per heavy atom. The molecule has 0 aliphatic rings. The summed E-state index contributed by atoms with van der Waals surface area (Å²) >= 11 is 3.40. The molecule has 1 atom stereocenters. The highest BCUT2D eigenvalue weighted by Crippen LogP contribution is 2.28. The second-order valence-electron chi connectivity index (χ2n) is 4.31. The van der Waals surface area contributed by atoms with E-state index in [2.05, 4.69) is 30.6 Å². The highest BCUT2D eigenvalue weighted by Gasteiger charge is 2.27. The quantitative estimate of drug-likeness (QED) is 0.640. The third-order valence-electron chi connectivity index (χ3n) is 2.68. The van der Waals surface area contributed by atoms with Gasteiger partial charge in [-0.05, 0) is 24.1 Å². The predicted molar refractivity (Wildman–Crippen MR) is 72.1 cm³/mol. The molecule has 8 heteroatoms. The number of aromatic nitrogens is 2. The summed E-state index contributed by atoms with van der Waals surface area (Å²) in [5.41, 5.74) is 1.92. The molecule has 1 aromatic heterocycles. The van der Waals surface area contributed by atoms with Crippen molar-refractivity contribution < 1.29 is 17.9 Å². The van der Waals surface area contributed by atoms with E-state index in [0.29, 0.717) is 17.5 Å². The van der Waals surface area contributed by atoms with Crippen LogP contribution in [0.15, 0.2) is 23.0 Å². The first-order valence-corrected chi connectivity index (χ1v) is 6.77.